The van der Waals surface area contributed by atoms with E-state index in [1.54, 1.807) is 49.6 Å². The van der Waals surface area contributed by atoms with Gasteiger partial charge in [0.2, 0.25) is 10.0 Å². The van der Waals surface area contributed by atoms with Crippen LogP contribution in [-0.2, 0) is 10.0 Å². The zero-order valence-corrected chi connectivity index (χ0v) is 18.8. The van der Waals surface area contributed by atoms with Crippen LogP contribution in [0.3, 0.4) is 0 Å². The summed E-state index contributed by atoms with van der Waals surface area (Å²) >= 11 is 0. The van der Waals surface area contributed by atoms with Gasteiger partial charge in [0, 0.05) is 17.3 Å². The summed E-state index contributed by atoms with van der Waals surface area (Å²) < 4.78 is 43.2. The van der Waals surface area contributed by atoms with Crippen LogP contribution in [0.1, 0.15) is 10.4 Å². The van der Waals surface area contributed by atoms with Crippen LogP contribution >= 0.6 is 0 Å². The van der Waals surface area contributed by atoms with Crippen LogP contribution in [-0.4, -0.2) is 35.1 Å². The molecule has 3 aromatic rings. The van der Waals surface area contributed by atoms with Gasteiger partial charge in [0.05, 0.1) is 25.7 Å². The number of ether oxygens (including phenoxy) is 3. The monoisotopic (exact) mass is 466 g/mol. The molecule has 0 unspecified atom stereocenters. The lowest BCUT2D eigenvalue weighted by Crippen LogP contribution is -2.24. The van der Waals surface area contributed by atoms with Gasteiger partial charge >= 0.3 is 0 Å². The van der Waals surface area contributed by atoms with E-state index in [9.17, 15) is 13.2 Å². The molecule has 0 heterocycles. The number of benzene rings is 3. The fourth-order valence-corrected chi connectivity index (χ4v) is 3.81. The SMILES string of the molecule is C#CCNS(=O)(=O)c1cccc(C(=O)Nc2ccc(OC)c(Oc3ccc(OC)cc3)c2)c1. The lowest BCUT2D eigenvalue weighted by Gasteiger charge is -2.13. The van der Waals surface area contributed by atoms with Crippen LogP contribution < -0.4 is 24.2 Å². The Hall–Kier alpha value is -4.00. The molecule has 0 aliphatic carbocycles. The maximum absolute atomic E-state index is 12.8. The number of amides is 1. The largest absolute Gasteiger partial charge is 0.497 e. The molecule has 2 N–H and O–H groups in total. The number of methoxy groups -OCH3 is 2. The number of rotatable bonds is 9. The van der Waals surface area contributed by atoms with Crippen molar-refractivity contribution in [3.63, 3.8) is 0 Å². The second-order valence-corrected chi connectivity index (χ2v) is 8.42. The van der Waals surface area contributed by atoms with Crippen LogP contribution in [0.4, 0.5) is 5.69 Å². The third-order valence-electron chi connectivity index (χ3n) is 4.48. The molecular formula is C24H22N2O6S. The van der Waals surface area contributed by atoms with E-state index in [1.807, 2.05) is 0 Å². The standard InChI is InChI=1S/C24H22N2O6S/c1-4-14-25-33(28,29)21-7-5-6-17(15-21)24(27)26-18-8-13-22(31-3)23(16-18)32-20-11-9-19(30-2)10-12-20/h1,5-13,15-16,25H,14H2,2-3H3,(H,26,27). The van der Waals surface area contributed by atoms with Crippen LogP contribution in [0.5, 0.6) is 23.0 Å². The van der Waals surface area contributed by atoms with E-state index in [0.717, 1.165) is 0 Å². The maximum Gasteiger partial charge on any atom is 0.255 e. The van der Waals surface area contributed by atoms with Crippen molar-refractivity contribution >= 4 is 21.6 Å². The Labute approximate surface area is 192 Å². The number of hydrogen-bond acceptors (Lipinski definition) is 6. The predicted molar refractivity (Wildman–Crippen MR) is 124 cm³/mol. The van der Waals surface area contributed by atoms with E-state index in [-0.39, 0.29) is 17.0 Å². The quantitative estimate of drug-likeness (QED) is 0.467. The van der Waals surface area contributed by atoms with Crippen molar-refractivity contribution in [3.05, 3.63) is 72.3 Å². The van der Waals surface area contributed by atoms with Crippen molar-refractivity contribution in [2.24, 2.45) is 0 Å². The minimum Gasteiger partial charge on any atom is -0.497 e. The Morgan fingerprint density at radius 1 is 0.939 bits per heavy atom. The molecule has 0 spiro atoms. The summed E-state index contributed by atoms with van der Waals surface area (Å²) in [5.74, 6) is 3.80. The van der Waals surface area contributed by atoms with E-state index < -0.39 is 15.9 Å². The summed E-state index contributed by atoms with van der Waals surface area (Å²) in [5.41, 5.74) is 0.593. The molecule has 0 fully saturated rings. The Balaban J connectivity index is 1.80. The van der Waals surface area contributed by atoms with Crippen molar-refractivity contribution in [3.8, 4) is 35.3 Å². The highest BCUT2D eigenvalue weighted by molar-refractivity contribution is 7.89. The summed E-state index contributed by atoms with van der Waals surface area (Å²) in [4.78, 5) is 12.7. The van der Waals surface area contributed by atoms with E-state index in [0.29, 0.717) is 28.7 Å². The highest BCUT2D eigenvalue weighted by Gasteiger charge is 2.16. The first-order valence-corrected chi connectivity index (χ1v) is 11.2. The normalized spacial score (nSPS) is 10.7. The van der Waals surface area contributed by atoms with Gasteiger partial charge in [-0.15, -0.1) is 6.42 Å². The zero-order valence-electron chi connectivity index (χ0n) is 18.0. The highest BCUT2D eigenvalue weighted by atomic mass is 32.2. The number of anilines is 1. The summed E-state index contributed by atoms with van der Waals surface area (Å²) in [5, 5.41) is 2.73. The lowest BCUT2D eigenvalue weighted by atomic mass is 10.2. The third kappa shape index (κ3) is 6.04. The minimum atomic E-state index is -3.82. The molecule has 0 radical (unpaired) electrons. The fraction of sp³-hybridized carbons (Fsp3) is 0.125. The van der Waals surface area contributed by atoms with Crippen LogP contribution in [0, 0.1) is 12.3 Å². The molecule has 33 heavy (non-hydrogen) atoms. The van der Waals surface area contributed by atoms with Gasteiger partial charge in [0.1, 0.15) is 11.5 Å². The summed E-state index contributed by atoms with van der Waals surface area (Å²) in [6.45, 7) is -0.151. The van der Waals surface area contributed by atoms with Crippen LogP contribution in [0.25, 0.3) is 0 Å². The smallest absolute Gasteiger partial charge is 0.255 e. The van der Waals surface area contributed by atoms with Crippen molar-refractivity contribution in [1.82, 2.24) is 4.72 Å². The van der Waals surface area contributed by atoms with Gasteiger partial charge < -0.3 is 19.5 Å². The van der Waals surface area contributed by atoms with E-state index in [2.05, 4.69) is 16.0 Å². The number of carbonyl (C=O) groups is 1. The summed E-state index contributed by atoms with van der Waals surface area (Å²) in [6, 6.07) is 17.5. The maximum atomic E-state index is 12.8. The Morgan fingerprint density at radius 2 is 1.67 bits per heavy atom. The molecular weight excluding hydrogens is 444 g/mol. The number of carbonyl (C=O) groups excluding carboxylic acids is 1. The van der Waals surface area contributed by atoms with Crippen LogP contribution in [0.15, 0.2) is 71.6 Å². The third-order valence-corrected chi connectivity index (χ3v) is 5.88. The minimum absolute atomic E-state index is 0.0661. The van der Waals surface area contributed by atoms with Gasteiger partial charge in [-0.25, -0.2) is 8.42 Å². The molecule has 8 nitrogen and oxygen atoms in total. The fourth-order valence-electron chi connectivity index (χ4n) is 2.83. The topological polar surface area (TPSA) is 103 Å². The second kappa shape index (κ2) is 10.5. The molecule has 0 bridgehead atoms. The molecule has 3 rings (SSSR count). The van der Waals surface area contributed by atoms with Crippen LogP contribution in [0.2, 0.25) is 0 Å². The molecule has 0 atom stereocenters. The lowest BCUT2D eigenvalue weighted by molar-refractivity contribution is 0.102. The van der Waals surface area contributed by atoms with Gasteiger partial charge in [-0.3, -0.25) is 4.79 Å². The van der Waals surface area contributed by atoms with Crippen molar-refractivity contribution in [2.45, 2.75) is 4.90 Å². The first-order chi connectivity index (χ1) is 15.9. The molecule has 1 amide bonds. The van der Waals surface area contributed by atoms with Crippen molar-refractivity contribution < 1.29 is 27.4 Å². The molecule has 0 saturated heterocycles. The highest BCUT2D eigenvalue weighted by Crippen LogP contribution is 2.34. The number of sulfonamides is 1. The molecule has 3 aromatic carbocycles. The van der Waals surface area contributed by atoms with Gasteiger partial charge in [0.25, 0.3) is 5.91 Å². The number of terminal acetylenes is 1. The molecule has 9 heteroatoms. The van der Waals surface area contributed by atoms with Gasteiger partial charge in [0.15, 0.2) is 11.5 Å². The Morgan fingerprint density at radius 3 is 2.33 bits per heavy atom. The molecule has 0 saturated carbocycles. The molecule has 0 aromatic heterocycles. The molecule has 0 aliphatic heterocycles. The predicted octanol–water partition coefficient (Wildman–Crippen LogP) is 3.66. The van der Waals surface area contributed by atoms with Gasteiger partial charge in [-0.2, -0.15) is 4.72 Å². The summed E-state index contributed by atoms with van der Waals surface area (Å²) in [7, 11) is -0.743. The first kappa shape index (κ1) is 23.7. The molecule has 0 aliphatic rings. The average Bonchev–Trinajstić information content (AvgIpc) is 2.83. The number of hydrogen-bond donors (Lipinski definition) is 2. The Kier molecular flexibility index (Phi) is 7.56. The second-order valence-electron chi connectivity index (χ2n) is 6.65. The van der Waals surface area contributed by atoms with E-state index in [1.165, 1.54) is 31.4 Å². The number of nitrogens with one attached hydrogen (secondary N) is 2. The zero-order chi connectivity index (χ0) is 23.8. The Bertz CT molecular complexity index is 1280. The van der Waals surface area contributed by atoms with Gasteiger partial charge in [-0.1, -0.05) is 12.0 Å². The first-order valence-electron chi connectivity index (χ1n) is 9.71. The molecule has 170 valence electrons. The average molecular weight is 467 g/mol. The van der Waals surface area contributed by atoms with Crippen molar-refractivity contribution in [1.29, 1.82) is 0 Å². The van der Waals surface area contributed by atoms with E-state index >= 15 is 0 Å². The van der Waals surface area contributed by atoms with Gasteiger partial charge in [-0.05, 0) is 54.6 Å². The summed E-state index contributed by atoms with van der Waals surface area (Å²) in [6.07, 6.45) is 5.11. The van der Waals surface area contributed by atoms with E-state index in [4.69, 9.17) is 20.6 Å². The van der Waals surface area contributed by atoms with Crippen molar-refractivity contribution in [2.75, 3.05) is 26.1 Å².